The van der Waals surface area contributed by atoms with Gasteiger partial charge >= 0.3 is 11.9 Å². The van der Waals surface area contributed by atoms with Crippen LogP contribution in [0.1, 0.15) is 41.7 Å². The van der Waals surface area contributed by atoms with Crippen molar-refractivity contribution in [1.82, 2.24) is 0 Å². The summed E-state index contributed by atoms with van der Waals surface area (Å²) in [6.45, 7) is 9.21. The van der Waals surface area contributed by atoms with Gasteiger partial charge in [-0.2, -0.15) is 0 Å². The highest BCUT2D eigenvalue weighted by Crippen LogP contribution is 2.41. The van der Waals surface area contributed by atoms with Crippen LogP contribution in [-0.4, -0.2) is 31.1 Å². The van der Waals surface area contributed by atoms with Crippen LogP contribution in [0.3, 0.4) is 0 Å². The minimum Gasteiger partial charge on any atom is -0.488 e. The fraction of sp³-hybridized carbons (Fsp3) is 0.320. The third-order valence-electron chi connectivity index (χ3n) is 5.33. The van der Waals surface area contributed by atoms with E-state index in [9.17, 15) is 14.4 Å². The quantitative estimate of drug-likeness (QED) is 0.541. The van der Waals surface area contributed by atoms with Crippen molar-refractivity contribution in [3.05, 3.63) is 57.7 Å². The Morgan fingerprint density at radius 3 is 2.34 bits per heavy atom. The molecule has 3 rings (SSSR count). The van der Waals surface area contributed by atoms with Crippen LogP contribution in [0.2, 0.25) is 0 Å². The number of hydrogen-bond acceptors (Lipinski definition) is 6. The Balaban J connectivity index is 1.80. The van der Waals surface area contributed by atoms with Gasteiger partial charge in [0.2, 0.25) is 0 Å². The van der Waals surface area contributed by atoms with Gasteiger partial charge in [0.15, 0.2) is 0 Å². The lowest BCUT2D eigenvalue weighted by atomic mass is 9.94. The smallest absolute Gasteiger partial charge is 0.310 e. The molecule has 0 atom stereocenters. The number of ether oxygens (including phenoxy) is 3. The highest BCUT2D eigenvalue weighted by atomic mass is 16.5. The predicted octanol–water partition coefficient (Wildman–Crippen LogP) is 4.06. The van der Waals surface area contributed by atoms with Crippen molar-refractivity contribution in [3.8, 4) is 11.5 Å². The second kappa shape index (κ2) is 9.68. The van der Waals surface area contributed by atoms with Crippen LogP contribution in [0.25, 0.3) is 6.08 Å². The Morgan fingerprint density at radius 1 is 1.03 bits per heavy atom. The van der Waals surface area contributed by atoms with E-state index < -0.39 is 5.97 Å². The molecule has 32 heavy (non-hydrogen) atoms. The molecule has 0 spiro atoms. The number of nitrogens with one attached hydrogen (secondary N) is 1. The predicted molar refractivity (Wildman–Crippen MR) is 121 cm³/mol. The van der Waals surface area contributed by atoms with Gasteiger partial charge in [0.25, 0.3) is 5.91 Å². The summed E-state index contributed by atoms with van der Waals surface area (Å²) < 4.78 is 16.3. The monoisotopic (exact) mass is 437 g/mol. The first-order chi connectivity index (χ1) is 15.2. The number of fused-ring (bicyclic) bond motifs is 1. The zero-order valence-corrected chi connectivity index (χ0v) is 19.0. The summed E-state index contributed by atoms with van der Waals surface area (Å²) in [7, 11) is 0. The van der Waals surface area contributed by atoms with Gasteiger partial charge in [-0.25, -0.2) is 0 Å². The molecule has 7 heteroatoms. The van der Waals surface area contributed by atoms with Gasteiger partial charge < -0.3 is 19.5 Å². The van der Waals surface area contributed by atoms with Crippen LogP contribution in [0.15, 0.2) is 29.8 Å². The minimum atomic E-state index is -0.402. The average molecular weight is 437 g/mol. The van der Waals surface area contributed by atoms with E-state index >= 15 is 0 Å². The largest absolute Gasteiger partial charge is 0.488 e. The molecule has 1 amide bonds. The zero-order valence-electron chi connectivity index (χ0n) is 19.0. The Morgan fingerprint density at radius 2 is 1.72 bits per heavy atom. The highest BCUT2D eigenvalue weighted by Gasteiger charge is 2.25. The van der Waals surface area contributed by atoms with E-state index in [0.717, 1.165) is 27.8 Å². The fourth-order valence-corrected chi connectivity index (χ4v) is 3.57. The topological polar surface area (TPSA) is 90.9 Å². The molecule has 1 N–H and O–H groups in total. The standard InChI is InChI=1S/C25H27NO6/c1-6-30-22(28)11-18-7-9-20(10-8-18)26-25(29)19-12-21-16(4)23(32-17(5)27)14(2)15(3)24(21)31-13-19/h7-10,12H,6,11,13H2,1-5H3,(H,26,29). The molecule has 0 unspecified atom stereocenters. The van der Waals surface area contributed by atoms with E-state index in [2.05, 4.69) is 5.32 Å². The molecule has 0 bridgehead atoms. The maximum absolute atomic E-state index is 12.8. The van der Waals surface area contributed by atoms with E-state index in [4.69, 9.17) is 14.2 Å². The van der Waals surface area contributed by atoms with Gasteiger partial charge in [0.1, 0.15) is 18.1 Å². The fourth-order valence-electron chi connectivity index (χ4n) is 3.57. The van der Waals surface area contributed by atoms with Crippen LogP contribution in [0.4, 0.5) is 5.69 Å². The molecule has 0 fully saturated rings. The molecule has 0 radical (unpaired) electrons. The van der Waals surface area contributed by atoms with Gasteiger partial charge in [0.05, 0.1) is 18.6 Å². The third-order valence-corrected chi connectivity index (χ3v) is 5.33. The maximum atomic E-state index is 12.8. The molecule has 168 valence electrons. The summed E-state index contributed by atoms with van der Waals surface area (Å²) in [6.07, 6.45) is 1.96. The molecule has 2 aromatic carbocycles. The second-order valence-corrected chi connectivity index (χ2v) is 7.63. The van der Waals surface area contributed by atoms with Crippen LogP contribution in [0.5, 0.6) is 11.5 Å². The Bertz CT molecular complexity index is 1100. The van der Waals surface area contributed by atoms with Gasteiger partial charge in [-0.15, -0.1) is 0 Å². The lowest BCUT2D eigenvalue weighted by Crippen LogP contribution is -2.22. The average Bonchev–Trinajstić information content (AvgIpc) is 2.76. The molecule has 0 aromatic heterocycles. The highest BCUT2D eigenvalue weighted by molar-refractivity contribution is 6.07. The van der Waals surface area contributed by atoms with Gasteiger partial charge in [-0.3, -0.25) is 14.4 Å². The van der Waals surface area contributed by atoms with Gasteiger partial charge in [-0.05, 0) is 62.6 Å². The normalized spacial score (nSPS) is 12.2. The van der Waals surface area contributed by atoms with Crippen LogP contribution < -0.4 is 14.8 Å². The summed E-state index contributed by atoms with van der Waals surface area (Å²) in [5.41, 5.74) is 5.03. The summed E-state index contributed by atoms with van der Waals surface area (Å²) in [4.78, 5) is 36.0. The number of carbonyl (C=O) groups excluding carboxylic acids is 3. The number of benzene rings is 2. The Kier molecular flexibility index (Phi) is 6.98. The van der Waals surface area contributed by atoms with Crippen LogP contribution >= 0.6 is 0 Å². The van der Waals surface area contributed by atoms with Crippen molar-refractivity contribution in [2.45, 2.75) is 41.0 Å². The SMILES string of the molecule is CCOC(=O)Cc1ccc(NC(=O)C2=Cc3c(C)c(OC(C)=O)c(C)c(C)c3OC2)cc1. The zero-order chi connectivity index (χ0) is 23.4. The van der Waals surface area contributed by atoms with E-state index in [1.54, 1.807) is 37.3 Å². The van der Waals surface area contributed by atoms with Gasteiger partial charge in [-0.1, -0.05) is 12.1 Å². The van der Waals surface area contributed by atoms with E-state index in [1.165, 1.54) is 6.92 Å². The lowest BCUT2D eigenvalue weighted by molar-refractivity contribution is -0.142. The molecule has 1 aliphatic heterocycles. The lowest BCUT2D eigenvalue weighted by Gasteiger charge is -2.24. The summed E-state index contributed by atoms with van der Waals surface area (Å²) in [6, 6.07) is 7.02. The molecule has 0 saturated heterocycles. The van der Waals surface area contributed by atoms with Crippen molar-refractivity contribution in [3.63, 3.8) is 0 Å². The number of hydrogen-bond donors (Lipinski definition) is 1. The number of esters is 2. The minimum absolute atomic E-state index is 0.131. The summed E-state index contributed by atoms with van der Waals surface area (Å²) in [5, 5.41) is 2.85. The molecule has 0 saturated carbocycles. The summed E-state index contributed by atoms with van der Waals surface area (Å²) >= 11 is 0. The first-order valence-corrected chi connectivity index (χ1v) is 10.4. The third kappa shape index (κ3) is 4.99. The second-order valence-electron chi connectivity index (χ2n) is 7.63. The van der Waals surface area contributed by atoms with E-state index in [-0.39, 0.29) is 24.9 Å². The van der Waals surface area contributed by atoms with E-state index in [1.807, 2.05) is 20.8 Å². The summed E-state index contributed by atoms with van der Waals surface area (Å²) in [5.74, 6) is 0.200. The molecule has 1 aliphatic rings. The van der Waals surface area contributed by atoms with Crippen molar-refractivity contribution >= 4 is 29.6 Å². The number of anilines is 1. The molecule has 0 aliphatic carbocycles. The number of rotatable bonds is 6. The Labute approximate surface area is 187 Å². The van der Waals surface area contributed by atoms with Crippen LogP contribution in [0, 0.1) is 20.8 Å². The van der Waals surface area contributed by atoms with Crippen molar-refractivity contribution < 1.29 is 28.6 Å². The van der Waals surface area contributed by atoms with Crippen molar-refractivity contribution in [2.24, 2.45) is 0 Å². The molecular weight excluding hydrogens is 410 g/mol. The first-order valence-electron chi connectivity index (χ1n) is 10.4. The maximum Gasteiger partial charge on any atom is 0.310 e. The number of amides is 1. The van der Waals surface area contributed by atoms with Gasteiger partial charge in [0, 0.05) is 23.7 Å². The molecule has 7 nitrogen and oxygen atoms in total. The molecule has 2 aromatic rings. The molecule has 1 heterocycles. The van der Waals surface area contributed by atoms with Crippen LogP contribution in [-0.2, 0) is 25.5 Å². The molecular formula is C25H27NO6. The van der Waals surface area contributed by atoms with E-state index in [0.29, 0.717) is 29.4 Å². The van der Waals surface area contributed by atoms with Crippen molar-refractivity contribution in [1.29, 1.82) is 0 Å². The number of carbonyl (C=O) groups is 3. The van der Waals surface area contributed by atoms with Crippen molar-refractivity contribution in [2.75, 3.05) is 18.5 Å². The Hall–Kier alpha value is -3.61. The first kappa shape index (κ1) is 23.1.